The first-order valence-electron chi connectivity index (χ1n) is 8.17. The van der Waals surface area contributed by atoms with Crippen molar-refractivity contribution in [2.75, 3.05) is 13.1 Å². The molecule has 2 aromatic heterocycles. The quantitative estimate of drug-likeness (QED) is 0.941. The van der Waals surface area contributed by atoms with Crippen molar-refractivity contribution in [1.29, 1.82) is 0 Å². The fourth-order valence-electron chi connectivity index (χ4n) is 2.98. The van der Waals surface area contributed by atoms with E-state index in [2.05, 4.69) is 15.3 Å². The number of hydrogen-bond acceptors (Lipinski definition) is 4. The predicted molar refractivity (Wildman–Crippen MR) is 88.9 cm³/mol. The van der Waals surface area contributed by atoms with Gasteiger partial charge in [-0.2, -0.15) is 0 Å². The Labute approximate surface area is 136 Å². The lowest BCUT2D eigenvalue weighted by Gasteiger charge is -2.30. The number of rotatable bonds is 4. The number of aromatic nitrogens is 2. The Bertz CT molecular complexity index is 609. The number of hydrogen-bond donors (Lipinski definition) is 1. The number of amides is 1. The fourth-order valence-corrected chi connectivity index (χ4v) is 2.98. The first-order chi connectivity index (χ1) is 11.3. The summed E-state index contributed by atoms with van der Waals surface area (Å²) in [5.74, 6) is -0.0110. The van der Waals surface area contributed by atoms with Crippen molar-refractivity contribution in [1.82, 2.24) is 20.2 Å². The molecule has 1 saturated heterocycles. The van der Waals surface area contributed by atoms with E-state index in [1.54, 1.807) is 18.5 Å². The third kappa shape index (κ3) is 4.13. The van der Waals surface area contributed by atoms with Crippen LogP contribution in [0, 0.1) is 0 Å². The summed E-state index contributed by atoms with van der Waals surface area (Å²) in [7, 11) is 0. The van der Waals surface area contributed by atoms with Gasteiger partial charge in [0.05, 0.1) is 12.2 Å². The van der Waals surface area contributed by atoms with Gasteiger partial charge in [-0.15, -0.1) is 0 Å². The monoisotopic (exact) mass is 310 g/mol. The normalized spacial score (nSPS) is 18.2. The van der Waals surface area contributed by atoms with Gasteiger partial charge in [0, 0.05) is 18.4 Å². The largest absolute Gasteiger partial charge is 0.328 e. The van der Waals surface area contributed by atoms with E-state index in [-0.39, 0.29) is 11.9 Å². The number of carbonyl (C=O) groups is 1. The Hall–Kier alpha value is -2.27. The van der Waals surface area contributed by atoms with Gasteiger partial charge in [0.1, 0.15) is 5.69 Å². The van der Waals surface area contributed by atoms with Crippen LogP contribution in [0.25, 0.3) is 0 Å². The van der Waals surface area contributed by atoms with Crippen molar-refractivity contribution in [3.8, 4) is 0 Å². The van der Waals surface area contributed by atoms with Gasteiger partial charge in [-0.05, 0) is 56.6 Å². The standard InChI is InChI=1S/C18H22N4O/c23-18(17-8-2-4-12-21-17)22(14-15-6-1-3-11-20-15)16-7-5-10-19-13-9-16/h1-4,6,8,11-12,16,19H,5,7,9-10,13-14H2. The first kappa shape index (κ1) is 15.6. The van der Waals surface area contributed by atoms with E-state index in [0.717, 1.165) is 38.0 Å². The molecule has 0 spiro atoms. The lowest BCUT2D eigenvalue weighted by Crippen LogP contribution is -2.40. The van der Waals surface area contributed by atoms with Crippen LogP contribution in [0.5, 0.6) is 0 Å². The summed E-state index contributed by atoms with van der Waals surface area (Å²) < 4.78 is 0. The zero-order valence-electron chi connectivity index (χ0n) is 13.2. The van der Waals surface area contributed by atoms with Crippen LogP contribution in [0.15, 0.2) is 48.8 Å². The Kier molecular flexibility index (Phi) is 5.32. The molecule has 1 fully saturated rings. The SMILES string of the molecule is O=C(c1ccccn1)N(Cc1ccccn1)C1CCCNCC1. The number of nitrogens with zero attached hydrogens (tertiary/aromatic N) is 3. The molecule has 23 heavy (non-hydrogen) atoms. The van der Waals surface area contributed by atoms with E-state index < -0.39 is 0 Å². The van der Waals surface area contributed by atoms with Crippen molar-refractivity contribution in [2.24, 2.45) is 0 Å². The molecule has 0 radical (unpaired) electrons. The van der Waals surface area contributed by atoms with Crippen LogP contribution in [0.3, 0.4) is 0 Å². The summed E-state index contributed by atoms with van der Waals surface area (Å²) in [6.07, 6.45) is 6.50. The highest BCUT2D eigenvalue weighted by Crippen LogP contribution is 2.18. The minimum atomic E-state index is -0.0110. The molecule has 0 bridgehead atoms. The van der Waals surface area contributed by atoms with Gasteiger partial charge >= 0.3 is 0 Å². The van der Waals surface area contributed by atoms with Crippen molar-refractivity contribution >= 4 is 5.91 Å². The molecule has 5 nitrogen and oxygen atoms in total. The minimum Gasteiger partial charge on any atom is -0.328 e. The number of pyridine rings is 2. The number of nitrogens with one attached hydrogen (secondary N) is 1. The van der Waals surface area contributed by atoms with E-state index in [1.807, 2.05) is 35.2 Å². The van der Waals surface area contributed by atoms with E-state index in [9.17, 15) is 4.79 Å². The Morgan fingerprint density at radius 3 is 2.65 bits per heavy atom. The summed E-state index contributed by atoms with van der Waals surface area (Å²) in [6.45, 7) is 2.49. The molecule has 1 aliphatic rings. The Balaban J connectivity index is 1.84. The summed E-state index contributed by atoms with van der Waals surface area (Å²) >= 11 is 0. The van der Waals surface area contributed by atoms with Gasteiger partial charge < -0.3 is 10.2 Å². The topological polar surface area (TPSA) is 58.1 Å². The molecular weight excluding hydrogens is 288 g/mol. The molecule has 0 aliphatic carbocycles. The minimum absolute atomic E-state index is 0.0110. The summed E-state index contributed by atoms with van der Waals surface area (Å²) in [6, 6.07) is 11.5. The van der Waals surface area contributed by atoms with E-state index in [4.69, 9.17) is 0 Å². The van der Waals surface area contributed by atoms with Crippen molar-refractivity contribution < 1.29 is 4.79 Å². The van der Waals surface area contributed by atoms with Gasteiger partial charge in [-0.3, -0.25) is 14.8 Å². The highest BCUT2D eigenvalue weighted by molar-refractivity contribution is 5.92. The highest BCUT2D eigenvalue weighted by atomic mass is 16.2. The zero-order chi connectivity index (χ0) is 15.9. The second kappa shape index (κ2) is 7.83. The zero-order valence-corrected chi connectivity index (χ0v) is 13.2. The molecule has 1 amide bonds. The van der Waals surface area contributed by atoms with E-state index in [1.165, 1.54) is 0 Å². The van der Waals surface area contributed by atoms with E-state index in [0.29, 0.717) is 12.2 Å². The fraction of sp³-hybridized carbons (Fsp3) is 0.389. The predicted octanol–water partition coefficient (Wildman–Crippen LogP) is 2.26. The third-order valence-electron chi connectivity index (χ3n) is 4.19. The van der Waals surface area contributed by atoms with Crippen LogP contribution in [0.4, 0.5) is 0 Å². The average molecular weight is 310 g/mol. The molecule has 1 atom stereocenters. The first-order valence-corrected chi connectivity index (χ1v) is 8.17. The Morgan fingerprint density at radius 1 is 1.09 bits per heavy atom. The molecule has 5 heteroatoms. The van der Waals surface area contributed by atoms with Crippen molar-refractivity contribution in [3.05, 3.63) is 60.2 Å². The third-order valence-corrected chi connectivity index (χ3v) is 4.19. The molecule has 0 aromatic carbocycles. The summed E-state index contributed by atoms with van der Waals surface area (Å²) in [4.78, 5) is 23.5. The second-order valence-electron chi connectivity index (χ2n) is 5.80. The maximum absolute atomic E-state index is 13.0. The van der Waals surface area contributed by atoms with Crippen LogP contribution < -0.4 is 5.32 Å². The van der Waals surface area contributed by atoms with Gasteiger partial charge in [-0.25, -0.2) is 0 Å². The number of carbonyl (C=O) groups excluding carboxylic acids is 1. The molecule has 0 saturated carbocycles. The maximum Gasteiger partial charge on any atom is 0.273 e. The highest BCUT2D eigenvalue weighted by Gasteiger charge is 2.26. The molecule has 120 valence electrons. The molecule has 3 rings (SSSR count). The lowest BCUT2D eigenvalue weighted by molar-refractivity contribution is 0.0636. The van der Waals surface area contributed by atoms with Gasteiger partial charge in [0.15, 0.2) is 0 Å². The maximum atomic E-state index is 13.0. The van der Waals surface area contributed by atoms with Gasteiger partial charge in [0.2, 0.25) is 0 Å². The van der Waals surface area contributed by atoms with E-state index >= 15 is 0 Å². The van der Waals surface area contributed by atoms with Crippen LogP contribution in [0.1, 0.15) is 35.4 Å². The lowest BCUT2D eigenvalue weighted by atomic mass is 10.1. The van der Waals surface area contributed by atoms with Gasteiger partial charge in [-0.1, -0.05) is 12.1 Å². The molecule has 3 heterocycles. The summed E-state index contributed by atoms with van der Waals surface area (Å²) in [5.41, 5.74) is 1.41. The molecule has 1 N–H and O–H groups in total. The van der Waals surface area contributed by atoms with Crippen LogP contribution in [-0.2, 0) is 6.54 Å². The smallest absolute Gasteiger partial charge is 0.273 e. The second-order valence-corrected chi connectivity index (χ2v) is 5.80. The van der Waals surface area contributed by atoms with Gasteiger partial charge in [0.25, 0.3) is 5.91 Å². The molecule has 1 unspecified atom stereocenters. The van der Waals surface area contributed by atoms with Crippen LogP contribution >= 0.6 is 0 Å². The van der Waals surface area contributed by atoms with Crippen molar-refractivity contribution in [2.45, 2.75) is 31.8 Å². The summed E-state index contributed by atoms with van der Waals surface area (Å²) in [5, 5.41) is 3.41. The molecule has 2 aromatic rings. The Morgan fingerprint density at radius 2 is 1.91 bits per heavy atom. The van der Waals surface area contributed by atoms with Crippen molar-refractivity contribution in [3.63, 3.8) is 0 Å². The average Bonchev–Trinajstić information content (AvgIpc) is 2.90. The molecule has 1 aliphatic heterocycles. The van der Waals surface area contributed by atoms with Crippen LogP contribution in [-0.4, -0.2) is 39.9 Å². The van der Waals surface area contributed by atoms with Crippen LogP contribution in [0.2, 0.25) is 0 Å². The molecular formula is C18H22N4O.